The number of aliphatic hydroxyl groups excluding tert-OH is 1. The van der Waals surface area contributed by atoms with E-state index >= 15 is 0 Å². The van der Waals surface area contributed by atoms with Crippen molar-refractivity contribution in [1.82, 2.24) is 0 Å². The second kappa shape index (κ2) is 7.05. The Bertz CT molecular complexity index is 174. The highest BCUT2D eigenvalue weighted by Gasteiger charge is 2.28. The molecule has 0 spiro atoms. The maximum Gasteiger partial charge on any atom is 0.0601 e. The molecular weight excluding hydrogens is 184 g/mol. The van der Waals surface area contributed by atoms with Crippen molar-refractivity contribution in [3.05, 3.63) is 12.2 Å². The van der Waals surface area contributed by atoms with Crippen LogP contribution in [0.3, 0.4) is 0 Å². The third kappa shape index (κ3) is 4.83. The zero-order valence-corrected chi connectivity index (χ0v) is 11.2. The highest BCUT2D eigenvalue weighted by atomic mass is 16.3. The molecule has 15 heavy (non-hydrogen) atoms. The summed E-state index contributed by atoms with van der Waals surface area (Å²) in [6.45, 7) is 13.0. The molecule has 0 aliphatic carbocycles. The Labute approximate surface area is 95.6 Å². The summed E-state index contributed by atoms with van der Waals surface area (Å²) in [6.07, 6.45) is 5.00. The van der Waals surface area contributed by atoms with E-state index in [9.17, 15) is 5.11 Å². The van der Waals surface area contributed by atoms with Crippen molar-refractivity contribution in [3.8, 4) is 0 Å². The third-order valence-corrected chi connectivity index (χ3v) is 3.26. The Morgan fingerprint density at radius 1 is 1.00 bits per heavy atom. The maximum absolute atomic E-state index is 10.3. The molecule has 0 aromatic carbocycles. The summed E-state index contributed by atoms with van der Waals surface area (Å²) >= 11 is 0. The molecule has 0 aromatic rings. The van der Waals surface area contributed by atoms with Crippen molar-refractivity contribution >= 4 is 0 Å². The van der Waals surface area contributed by atoms with E-state index < -0.39 is 0 Å². The van der Waals surface area contributed by atoms with Crippen molar-refractivity contribution < 1.29 is 5.11 Å². The minimum absolute atomic E-state index is 0.179. The standard InChI is InChI=1S/C14H28O/c1-7-8-9-12(6)14(15)13(10(2)3)11(4)5/h7-8,10-15H,9H2,1-6H3/b8-7+/t12-,14-/m1/s1. The minimum Gasteiger partial charge on any atom is -0.393 e. The van der Waals surface area contributed by atoms with Crippen LogP contribution in [0.2, 0.25) is 0 Å². The number of hydrogen-bond donors (Lipinski definition) is 1. The zero-order chi connectivity index (χ0) is 12.0. The van der Waals surface area contributed by atoms with Crippen LogP contribution < -0.4 is 0 Å². The molecule has 0 unspecified atom stereocenters. The lowest BCUT2D eigenvalue weighted by Crippen LogP contribution is -2.34. The van der Waals surface area contributed by atoms with Crippen LogP contribution in [0.15, 0.2) is 12.2 Å². The van der Waals surface area contributed by atoms with Crippen LogP contribution in [0, 0.1) is 23.7 Å². The maximum atomic E-state index is 10.3. The van der Waals surface area contributed by atoms with Gasteiger partial charge >= 0.3 is 0 Å². The fourth-order valence-electron chi connectivity index (χ4n) is 2.43. The van der Waals surface area contributed by atoms with Gasteiger partial charge in [0.2, 0.25) is 0 Å². The summed E-state index contributed by atoms with van der Waals surface area (Å²) < 4.78 is 0. The molecule has 1 heteroatoms. The largest absolute Gasteiger partial charge is 0.393 e. The molecule has 0 heterocycles. The molecular formula is C14H28O. The van der Waals surface area contributed by atoms with E-state index in [4.69, 9.17) is 0 Å². The Morgan fingerprint density at radius 3 is 1.80 bits per heavy atom. The highest BCUT2D eigenvalue weighted by Crippen LogP contribution is 2.29. The molecule has 0 saturated heterocycles. The lowest BCUT2D eigenvalue weighted by molar-refractivity contribution is 0.0140. The molecule has 0 radical (unpaired) electrons. The van der Waals surface area contributed by atoms with Crippen molar-refractivity contribution in [2.45, 2.75) is 54.1 Å². The molecule has 1 nitrogen and oxygen atoms in total. The van der Waals surface area contributed by atoms with Crippen molar-refractivity contribution in [2.24, 2.45) is 23.7 Å². The van der Waals surface area contributed by atoms with Crippen molar-refractivity contribution in [1.29, 1.82) is 0 Å². The van der Waals surface area contributed by atoms with Gasteiger partial charge in [0.25, 0.3) is 0 Å². The van der Waals surface area contributed by atoms with Gasteiger partial charge in [-0.1, -0.05) is 46.8 Å². The van der Waals surface area contributed by atoms with Gasteiger partial charge in [-0.2, -0.15) is 0 Å². The summed E-state index contributed by atoms with van der Waals surface area (Å²) in [5.74, 6) is 1.86. The van der Waals surface area contributed by atoms with Gasteiger partial charge in [-0.25, -0.2) is 0 Å². The minimum atomic E-state index is -0.179. The number of allylic oxidation sites excluding steroid dienone is 2. The smallest absolute Gasteiger partial charge is 0.0601 e. The van der Waals surface area contributed by atoms with E-state index in [1.165, 1.54) is 0 Å². The molecule has 0 aliphatic heterocycles. The van der Waals surface area contributed by atoms with Crippen LogP contribution in [0.25, 0.3) is 0 Å². The summed E-state index contributed by atoms with van der Waals surface area (Å²) in [5, 5.41) is 10.3. The molecule has 2 atom stereocenters. The molecule has 0 fully saturated rings. The van der Waals surface area contributed by atoms with Gasteiger partial charge in [0, 0.05) is 0 Å². The van der Waals surface area contributed by atoms with Gasteiger partial charge in [0.1, 0.15) is 0 Å². The quantitative estimate of drug-likeness (QED) is 0.662. The number of hydrogen-bond acceptors (Lipinski definition) is 1. The van der Waals surface area contributed by atoms with Crippen LogP contribution >= 0.6 is 0 Å². The first-order valence-corrected chi connectivity index (χ1v) is 6.21. The van der Waals surface area contributed by atoms with E-state index in [0.717, 1.165) is 6.42 Å². The Hall–Kier alpha value is -0.300. The van der Waals surface area contributed by atoms with E-state index in [2.05, 4.69) is 46.8 Å². The molecule has 1 N–H and O–H groups in total. The number of aliphatic hydroxyl groups is 1. The lowest BCUT2D eigenvalue weighted by atomic mass is 9.76. The van der Waals surface area contributed by atoms with E-state index in [1.54, 1.807) is 0 Å². The first-order valence-electron chi connectivity index (χ1n) is 6.21. The predicted molar refractivity (Wildman–Crippen MR) is 67.8 cm³/mol. The SMILES string of the molecule is C/C=C/C[C@@H](C)[C@@H](O)C(C(C)C)C(C)C. The average molecular weight is 212 g/mol. The molecule has 0 aliphatic rings. The highest BCUT2D eigenvalue weighted by molar-refractivity contribution is 4.85. The van der Waals surface area contributed by atoms with Gasteiger partial charge in [-0.15, -0.1) is 0 Å². The first kappa shape index (κ1) is 14.7. The van der Waals surface area contributed by atoms with Gasteiger partial charge < -0.3 is 5.11 Å². The Balaban J connectivity index is 4.41. The summed E-state index contributed by atoms with van der Waals surface area (Å²) in [5.41, 5.74) is 0. The predicted octanol–water partition coefficient (Wildman–Crippen LogP) is 3.88. The van der Waals surface area contributed by atoms with Gasteiger partial charge in [-0.3, -0.25) is 0 Å². The third-order valence-electron chi connectivity index (χ3n) is 3.26. The van der Waals surface area contributed by atoms with Gasteiger partial charge in [-0.05, 0) is 37.0 Å². The second-order valence-electron chi connectivity index (χ2n) is 5.34. The second-order valence-corrected chi connectivity index (χ2v) is 5.34. The van der Waals surface area contributed by atoms with E-state index in [1.807, 2.05) is 6.92 Å². The fraction of sp³-hybridized carbons (Fsp3) is 0.857. The molecule has 90 valence electrons. The first-order chi connectivity index (χ1) is 6.91. The van der Waals surface area contributed by atoms with Crippen LogP contribution in [-0.4, -0.2) is 11.2 Å². The lowest BCUT2D eigenvalue weighted by Gasteiger charge is -2.33. The summed E-state index contributed by atoms with van der Waals surface area (Å²) in [7, 11) is 0. The molecule has 0 amide bonds. The molecule has 0 bridgehead atoms. The normalized spacial score (nSPS) is 16.9. The molecule has 0 rings (SSSR count). The van der Waals surface area contributed by atoms with Crippen LogP contribution in [-0.2, 0) is 0 Å². The Morgan fingerprint density at radius 2 is 1.47 bits per heavy atom. The van der Waals surface area contributed by atoms with E-state index in [0.29, 0.717) is 23.7 Å². The van der Waals surface area contributed by atoms with Crippen LogP contribution in [0.5, 0.6) is 0 Å². The molecule has 0 aromatic heterocycles. The van der Waals surface area contributed by atoms with Gasteiger partial charge in [0.05, 0.1) is 6.10 Å². The number of rotatable bonds is 6. The van der Waals surface area contributed by atoms with Gasteiger partial charge in [0.15, 0.2) is 0 Å². The van der Waals surface area contributed by atoms with Crippen molar-refractivity contribution in [3.63, 3.8) is 0 Å². The van der Waals surface area contributed by atoms with Crippen LogP contribution in [0.4, 0.5) is 0 Å². The fourth-order valence-corrected chi connectivity index (χ4v) is 2.43. The monoisotopic (exact) mass is 212 g/mol. The van der Waals surface area contributed by atoms with E-state index in [-0.39, 0.29) is 6.10 Å². The average Bonchev–Trinajstić information content (AvgIpc) is 2.12. The van der Waals surface area contributed by atoms with Crippen molar-refractivity contribution in [2.75, 3.05) is 0 Å². The zero-order valence-electron chi connectivity index (χ0n) is 11.2. The summed E-state index contributed by atoms with van der Waals surface area (Å²) in [4.78, 5) is 0. The Kier molecular flexibility index (Phi) is 6.91. The topological polar surface area (TPSA) is 20.2 Å². The summed E-state index contributed by atoms with van der Waals surface area (Å²) in [6, 6.07) is 0. The van der Waals surface area contributed by atoms with Crippen LogP contribution in [0.1, 0.15) is 48.0 Å². The molecule has 0 saturated carbocycles.